The number of hydrogen-bond donors (Lipinski definition) is 4. The van der Waals surface area contributed by atoms with Gasteiger partial charge in [0.1, 0.15) is 10.7 Å². The van der Waals surface area contributed by atoms with Crippen LogP contribution in [0.25, 0.3) is 0 Å². The second-order valence-electron chi connectivity index (χ2n) is 5.01. The van der Waals surface area contributed by atoms with E-state index in [1.807, 2.05) is 27.7 Å². The lowest BCUT2D eigenvalue weighted by molar-refractivity contribution is 0.258. The van der Waals surface area contributed by atoms with Crippen LogP contribution in [0.1, 0.15) is 27.7 Å². The predicted molar refractivity (Wildman–Crippen MR) is 84.9 cm³/mol. The van der Waals surface area contributed by atoms with Crippen molar-refractivity contribution >= 4 is 26.8 Å². The van der Waals surface area contributed by atoms with Crippen LogP contribution in [0, 0.1) is 5.41 Å². The predicted octanol–water partition coefficient (Wildman–Crippen LogP) is 1.92. The van der Waals surface area contributed by atoms with Gasteiger partial charge in [0.05, 0.1) is 0 Å². The Bertz CT molecular complexity index is 394. The minimum Gasteiger partial charge on any atom is -0.404 e. The van der Waals surface area contributed by atoms with E-state index in [9.17, 15) is 5.11 Å². The number of nitrogens with zero attached hydrogens (tertiary/aromatic N) is 1. The Morgan fingerprint density at radius 3 is 2.47 bits per heavy atom. The van der Waals surface area contributed by atoms with Crippen molar-refractivity contribution in [1.82, 2.24) is 5.32 Å². The smallest absolute Gasteiger partial charge is 0.111 e. The molecule has 0 aliphatic rings. The van der Waals surface area contributed by atoms with E-state index in [-0.39, 0.29) is 10.2 Å². The van der Waals surface area contributed by atoms with Crippen LogP contribution in [0.5, 0.6) is 0 Å². The Labute approximate surface area is 123 Å². The fraction of sp³-hybridized carbons (Fsp3) is 0.538. The number of aliphatic hydroxyl groups is 1. The highest BCUT2D eigenvalue weighted by Gasteiger charge is 2.18. The second-order valence-corrected chi connectivity index (χ2v) is 5.80. The Balaban J connectivity index is 5.19. The molecule has 0 aromatic heterocycles. The van der Waals surface area contributed by atoms with Gasteiger partial charge in [-0.2, -0.15) is 0 Å². The SMILES string of the molecule is CCN=CC(=CN)C(O)/C(=C/NC(C)(C)C)C(=N)Br. The Kier molecular flexibility index (Phi) is 7.63. The van der Waals surface area contributed by atoms with Gasteiger partial charge in [-0.25, -0.2) is 0 Å². The number of aliphatic imine (C=N–C) groups is 1. The third kappa shape index (κ3) is 7.12. The highest BCUT2D eigenvalue weighted by Crippen LogP contribution is 2.15. The van der Waals surface area contributed by atoms with Crippen molar-refractivity contribution in [2.45, 2.75) is 39.3 Å². The maximum atomic E-state index is 10.2. The fourth-order valence-electron chi connectivity index (χ4n) is 1.14. The van der Waals surface area contributed by atoms with E-state index in [0.717, 1.165) is 0 Å². The summed E-state index contributed by atoms with van der Waals surface area (Å²) in [6.45, 7) is 8.47. The molecule has 0 heterocycles. The molecule has 1 unspecified atom stereocenters. The van der Waals surface area contributed by atoms with Crippen LogP contribution in [-0.4, -0.2) is 34.1 Å². The van der Waals surface area contributed by atoms with Crippen molar-refractivity contribution in [3.8, 4) is 0 Å². The van der Waals surface area contributed by atoms with E-state index in [1.165, 1.54) is 12.4 Å². The molecular weight excluding hydrogens is 308 g/mol. The maximum absolute atomic E-state index is 10.2. The quantitative estimate of drug-likeness (QED) is 0.560. The zero-order valence-electron chi connectivity index (χ0n) is 11.9. The summed E-state index contributed by atoms with van der Waals surface area (Å²) in [6, 6.07) is 0. The first-order chi connectivity index (χ1) is 8.72. The highest BCUT2D eigenvalue weighted by atomic mass is 79.9. The maximum Gasteiger partial charge on any atom is 0.111 e. The molecule has 0 aromatic rings. The van der Waals surface area contributed by atoms with Gasteiger partial charge in [0.25, 0.3) is 0 Å². The first-order valence-electron chi connectivity index (χ1n) is 6.04. The van der Waals surface area contributed by atoms with Crippen LogP contribution in [0.4, 0.5) is 0 Å². The summed E-state index contributed by atoms with van der Waals surface area (Å²) >= 11 is 3.08. The molecule has 19 heavy (non-hydrogen) atoms. The van der Waals surface area contributed by atoms with E-state index in [4.69, 9.17) is 11.1 Å². The molecule has 5 N–H and O–H groups in total. The molecule has 5 nitrogen and oxygen atoms in total. The molecule has 0 spiro atoms. The Morgan fingerprint density at radius 2 is 2.11 bits per heavy atom. The monoisotopic (exact) mass is 330 g/mol. The van der Waals surface area contributed by atoms with E-state index in [0.29, 0.717) is 17.7 Å². The number of hydrogen-bond acceptors (Lipinski definition) is 5. The molecule has 6 heteroatoms. The first kappa shape index (κ1) is 17.9. The Hall–Kier alpha value is -1.14. The number of nitrogens with two attached hydrogens (primary N) is 1. The minimum absolute atomic E-state index is 0.0981. The molecule has 1 atom stereocenters. The van der Waals surface area contributed by atoms with Crippen LogP contribution in [0.3, 0.4) is 0 Å². The molecule has 0 amide bonds. The molecule has 0 bridgehead atoms. The molecule has 0 saturated heterocycles. The average Bonchev–Trinajstić information content (AvgIpc) is 2.28. The molecular formula is C13H23BrN4O. The van der Waals surface area contributed by atoms with Crippen molar-refractivity contribution in [3.63, 3.8) is 0 Å². The largest absolute Gasteiger partial charge is 0.404 e. The first-order valence-corrected chi connectivity index (χ1v) is 6.84. The lowest BCUT2D eigenvalue weighted by atomic mass is 10.0. The van der Waals surface area contributed by atoms with Gasteiger partial charge in [-0.3, -0.25) is 10.4 Å². The van der Waals surface area contributed by atoms with Crippen LogP contribution >= 0.6 is 15.9 Å². The summed E-state index contributed by atoms with van der Waals surface area (Å²) in [6.07, 6.45) is 3.43. The van der Waals surface area contributed by atoms with Crippen LogP contribution in [-0.2, 0) is 0 Å². The highest BCUT2D eigenvalue weighted by molar-refractivity contribution is 9.18. The van der Waals surface area contributed by atoms with Crippen molar-refractivity contribution < 1.29 is 5.11 Å². The summed E-state index contributed by atoms with van der Waals surface area (Å²) in [4.78, 5) is 4.05. The Morgan fingerprint density at radius 1 is 1.53 bits per heavy atom. The third-order valence-electron chi connectivity index (χ3n) is 2.14. The van der Waals surface area contributed by atoms with Gasteiger partial charge in [0.2, 0.25) is 0 Å². The van der Waals surface area contributed by atoms with Crippen LogP contribution in [0.2, 0.25) is 0 Å². The van der Waals surface area contributed by atoms with Crippen molar-refractivity contribution in [2.24, 2.45) is 10.7 Å². The van der Waals surface area contributed by atoms with Gasteiger partial charge in [-0.1, -0.05) is 0 Å². The fourth-order valence-corrected chi connectivity index (χ4v) is 1.47. The molecule has 0 rings (SSSR count). The van der Waals surface area contributed by atoms with E-state index < -0.39 is 6.10 Å². The normalized spacial score (nSPS) is 15.7. The zero-order chi connectivity index (χ0) is 15.1. The zero-order valence-corrected chi connectivity index (χ0v) is 13.5. The van der Waals surface area contributed by atoms with Crippen molar-refractivity contribution in [3.05, 3.63) is 23.5 Å². The summed E-state index contributed by atoms with van der Waals surface area (Å²) in [5, 5.41) is 21.0. The summed E-state index contributed by atoms with van der Waals surface area (Å²) < 4.78 is 0.0981. The number of rotatable bonds is 6. The van der Waals surface area contributed by atoms with E-state index >= 15 is 0 Å². The van der Waals surface area contributed by atoms with Gasteiger partial charge in [-0.15, -0.1) is 0 Å². The molecule has 0 aliphatic carbocycles. The van der Waals surface area contributed by atoms with Gasteiger partial charge in [0.15, 0.2) is 0 Å². The van der Waals surface area contributed by atoms with Crippen LogP contribution in [0.15, 0.2) is 28.5 Å². The number of aliphatic hydroxyl groups excluding tert-OH is 1. The molecule has 108 valence electrons. The second kappa shape index (κ2) is 8.12. The number of nitrogens with one attached hydrogen (secondary N) is 2. The summed E-state index contributed by atoms with van der Waals surface area (Å²) in [5.41, 5.74) is 6.18. The topological polar surface area (TPSA) is 94.5 Å². The lowest BCUT2D eigenvalue weighted by Gasteiger charge is -2.21. The minimum atomic E-state index is -0.998. The van der Waals surface area contributed by atoms with E-state index in [1.54, 1.807) is 6.20 Å². The summed E-state index contributed by atoms with van der Waals surface area (Å²) in [7, 11) is 0. The van der Waals surface area contributed by atoms with Crippen LogP contribution < -0.4 is 11.1 Å². The van der Waals surface area contributed by atoms with Gasteiger partial charge >= 0.3 is 0 Å². The molecule has 0 fully saturated rings. The van der Waals surface area contributed by atoms with E-state index in [2.05, 4.69) is 26.2 Å². The lowest BCUT2D eigenvalue weighted by Crippen LogP contribution is -2.33. The standard InChI is InChI=1S/C13H23BrN4O/c1-5-17-7-9(6-15)11(19)10(12(14)16)8-18-13(2,3)4/h6-8,11,16,18-19H,5,15H2,1-4H3/b9-6?,10-8-,16-12?,17-7?. The van der Waals surface area contributed by atoms with Gasteiger partial charge in [0, 0.05) is 41.8 Å². The third-order valence-corrected chi connectivity index (χ3v) is 2.60. The average molecular weight is 331 g/mol. The van der Waals surface area contributed by atoms with Crippen molar-refractivity contribution in [2.75, 3.05) is 6.54 Å². The number of halogens is 1. The summed E-state index contributed by atoms with van der Waals surface area (Å²) in [5.74, 6) is 0. The molecule has 0 aromatic carbocycles. The van der Waals surface area contributed by atoms with Gasteiger partial charge in [-0.05, 0) is 43.6 Å². The molecule has 0 aliphatic heterocycles. The van der Waals surface area contributed by atoms with Gasteiger partial charge < -0.3 is 16.2 Å². The molecule has 0 radical (unpaired) electrons. The van der Waals surface area contributed by atoms with Crippen molar-refractivity contribution in [1.29, 1.82) is 5.41 Å². The molecule has 0 saturated carbocycles.